The number of rotatable bonds is 11. The number of benzene rings is 2. The lowest BCUT2D eigenvalue weighted by atomic mass is 10.1. The molecule has 0 heterocycles. The molecular weight excluding hydrogens is 555 g/mol. The molecule has 214 valence electrons. The van der Waals surface area contributed by atoms with Crippen LogP contribution in [0.2, 0.25) is 5.02 Å². The van der Waals surface area contributed by atoms with Crippen molar-refractivity contribution in [2.75, 3.05) is 17.1 Å². The molecule has 0 spiro atoms. The van der Waals surface area contributed by atoms with Gasteiger partial charge in [-0.3, -0.25) is 13.9 Å². The van der Waals surface area contributed by atoms with Gasteiger partial charge in [0.2, 0.25) is 21.8 Å². The summed E-state index contributed by atoms with van der Waals surface area (Å²) in [6.45, 7) is 1.57. The minimum Gasteiger partial charge on any atom is -0.352 e. The Bertz CT molecular complexity index is 1250. The van der Waals surface area contributed by atoms with Gasteiger partial charge in [0.1, 0.15) is 6.04 Å². The maximum absolute atomic E-state index is 13.4. The molecule has 0 unspecified atom stereocenters. The Morgan fingerprint density at radius 1 is 1.10 bits per heavy atom. The minimum absolute atomic E-state index is 0.0379. The molecule has 1 fully saturated rings. The Morgan fingerprint density at radius 2 is 1.74 bits per heavy atom. The number of nitrogens with one attached hydrogen (secondary N) is 1. The normalized spacial score (nSPS) is 15.1. The van der Waals surface area contributed by atoms with Gasteiger partial charge >= 0.3 is 6.18 Å². The van der Waals surface area contributed by atoms with E-state index in [1.165, 1.54) is 11.0 Å². The Labute approximate surface area is 232 Å². The van der Waals surface area contributed by atoms with Gasteiger partial charge in [-0.15, -0.1) is 0 Å². The molecule has 1 aliphatic rings. The molecule has 0 aromatic heterocycles. The summed E-state index contributed by atoms with van der Waals surface area (Å²) in [6.07, 6.45) is 0.0472. The second kappa shape index (κ2) is 13.0. The maximum atomic E-state index is 13.4. The van der Waals surface area contributed by atoms with Gasteiger partial charge in [-0.05, 0) is 62.1 Å². The summed E-state index contributed by atoms with van der Waals surface area (Å²) in [5, 5.41) is 3.54. The number of carbonyl (C=O) groups excluding carboxylic acids is 2. The summed E-state index contributed by atoms with van der Waals surface area (Å²) in [6, 6.07) is 10.2. The van der Waals surface area contributed by atoms with Crippen molar-refractivity contribution in [2.45, 2.75) is 70.3 Å². The number of amides is 2. The van der Waals surface area contributed by atoms with E-state index >= 15 is 0 Å². The molecule has 12 heteroatoms. The number of alkyl halides is 3. The number of nitrogens with zero attached hydrogens (tertiary/aromatic N) is 2. The molecule has 1 atom stereocenters. The van der Waals surface area contributed by atoms with Gasteiger partial charge < -0.3 is 10.2 Å². The number of hydrogen-bond donors (Lipinski definition) is 1. The average Bonchev–Trinajstić information content (AvgIpc) is 3.37. The van der Waals surface area contributed by atoms with Gasteiger partial charge in [-0.2, -0.15) is 13.2 Å². The van der Waals surface area contributed by atoms with Crippen molar-refractivity contribution in [2.24, 2.45) is 0 Å². The third-order valence-electron chi connectivity index (χ3n) is 6.75. The zero-order valence-electron chi connectivity index (χ0n) is 21.9. The fourth-order valence-corrected chi connectivity index (χ4v) is 5.69. The molecular formula is C27H33ClF3N3O4S. The maximum Gasteiger partial charge on any atom is 0.416 e. The Morgan fingerprint density at radius 3 is 2.33 bits per heavy atom. The first-order chi connectivity index (χ1) is 18.3. The largest absolute Gasteiger partial charge is 0.416 e. The quantitative estimate of drug-likeness (QED) is 0.382. The molecule has 1 N–H and O–H groups in total. The zero-order chi connectivity index (χ0) is 28.8. The number of sulfonamides is 1. The van der Waals surface area contributed by atoms with Gasteiger partial charge in [-0.25, -0.2) is 8.42 Å². The lowest BCUT2D eigenvalue weighted by molar-refractivity contribution is -0.141. The third kappa shape index (κ3) is 8.86. The fraction of sp³-hybridized carbons (Fsp3) is 0.481. The molecule has 2 aromatic carbocycles. The van der Waals surface area contributed by atoms with Crippen LogP contribution in [-0.4, -0.2) is 50.0 Å². The van der Waals surface area contributed by atoms with Crippen molar-refractivity contribution < 1.29 is 31.2 Å². The SMILES string of the molecule is C[C@@H](C(=O)NC1CCCC1)N(Cc1ccc(Cl)cc1)C(=O)CCCN(c1cccc(C(F)(F)F)c1)S(C)(=O)=O. The molecule has 39 heavy (non-hydrogen) atoms. The molecule has 0 bridgehead atoms. The van der Waals surface area contributed by atoms with Gasteiger partial charge in [-0.1, -0.05) is 42.6 Å². The van der Waals surface area contributed by atoms with Crippen LogP contribution in [0.15, 0.2) is 48.5 Å². The molecule has 2 amide bonds. The molecule has 0 radical (unpaired) electrons. The predicted octanol–water partition coefficient (Wildman–Crippen LogP) is 5.38. The average molecular weight is 588 g/mol. The Kier molecular flexibility index (Phi) is 10.3. The van der Waals surface area contributed by atoms with Crippen LogP contribution < -0.4 is 9.62 Å². The third-order valence-corrected chi connectivity index (χ3v) is 8.19. The van der Waals surface area contributed by atoms with Crippen LogP contribution >= 0.6 is 11.6 Å². The van der Waals surface area contributed by atoms with Crippen molar-refractivity contribution in [1.82, 2.24) is 10.2 Å². The topological polar surface area (TPSA) is 86.8 Å². The highest BCUT2D eigenvalue weighted by molar-refractivity contribution is 7.92. The van der Waals surface area contributed by atoms with Gasteiger partial charge in [0.05, 0.1) is 17.5 Å². The van der Waals surface area contributed by atoms with E-state index in [0.717, 1.165) is 60.0 Å². The zero-order valence-corrected chi connectivity index (χ0v) is 23.5. The van der Waals surface area contributed by atoms with Gasteiger partial charge in [0.25, 0.3) is 0 Å². The van der Waals surface area contributed by atoms with Gasteiger partial charge in [0.15, 0.2) is 0 Å². The summed E-state index contributed by atoms with van der Waals surface area (Å²) in [7, 11) is -3.93. The summed E-state index contributed by atoms with van der Waals surface area (Å²) in [5.74, 6) is -0.651. The van der Waals surface area contributed by atoms with Crippen LogP contribution in [-0.2, 0) is 32.3 Å². The lowest BCUT2D eigenvalue weighted by Crippen LogP contribution is -2.49. The van der Waals surface area contributed by atoms with E-state index < -0.39 is 27.8 Å². The van der Waals surface area contributed by atoms with Crippen LogP contribution in [0.5, 0.6) is 0 Å². The lowest BCUT2D eigenvalue weighted by Gasteiger charge is -2.30. The first-order valence-corrected chi connectivity index (χ1v) is 15.0. The molecule has 7 nitrogen and oxygen atoms in total. The molecule has 1 saturated carbocycles. The van der Waals surface area contributed by atoms with Crippen LogP contribution in [0, 0.1) is 0 Å². The second-order valence-corrected chi connectivity index (χ2v) is 12.1. The molecule has 0 saturated heterocycles. The van der Waals surface area contributed by atoms with E-state index in [1.807, 2.05) is 0 Å². The smallest absolute Gasteiger partial charge is 0.352 e. The summed E-state index contributed by atoms with van der Waals surface area (Å²) >= 11 is 5.98. The first kappa shape index (κ1) is 30.7. The Hall–Kier alpha value is -2.79. The molecule has 0 aliphatic heterocycles. The van der Waals surface area contributed by atoms with E-state index in [2.05, 4.69) is 5.32 Å². The summed E-state index contributed by atoms with van der Waals surface area (Å²) in [4.78, 5) is 27.8. The highest BCUT2D eigenvalue weighted by Crippen LogP contribution is 2.32. The van der Waals surface area contributed by atoms with Crippen molar-refractivity contribution in [3.63, 3.8) is 0 Å². The second-order valence-electron chi connectivity index (χ2n) is 9.80. The van der Waals surface area contributed by atoms with Crippen LogP contribution in [0.1, 0.15) is 56.6 Å². The van der Waals surface area contributed by atoms with Crippen molar-refractivity contribution >= 4 is 39.1 Å². The van der Waals surface area contributed by atoms with Crippen molar-refractivity contribution in [3.05, 3.63) is 64.7 Å². The highest BCUT2D eigenvalue weighted by Gasteiger charge is 2.32. The Balaban J connectivity index is 1.74. The van der Waals surface area contributed by atoms with Crippen LogP contribution in [0.3, 0.4) is 0 Å². The number of halogens is 4. The van der Waals surface area contributed by atoms with E-state index in [0.29, 0.717) is 5.02 Å². The van der Waals surface area contributed by atoms with Gasteiger partial charge in [0, 0.05) is 30.6 Å². The fourth-order valence-electron chi connectivity index (χ4n) is 4.60. The van der Waals surface area contributed by atoms with Crippen LogP contribution in [0.25, 0.3) is 0 Å². The van der Waals surface area contributed by atoms with Crippen molar-refractivity contribution in [1.29, 1.82) is 0 Å². The number of carbonyl (C=O) groups is 2. The predicted molar refractivity (Wildman–Crippen MR) is 145 cm³/mol. The van der Waals surface area contributed by atoms with E-state index in [1.54, 1.807) is 31.2 Å². The first-order valence-electron chi connectivity index (χ1n) is 12.7. The van der Waals surface area contributed by atoms with E-state index in [-0.39, 0.29) is 49.5 Å². The minimum atomic E-state index is -4.63. The molecule has 2 aromatic rings. The number of anilines is 1. The van der Waals surface area contributed by atoms with E-state index in [9.17, 15) is 31.2 Å². The monoisotopic (exact) mass is 587 g/mol. The standard InChI is InChI=1S/C27H33ClF3N3O4S/c1-19(26(36)32-23-8-3-4-9-23)33(18-20-12-14-22(28)15-13-20)25(35)11-6-16-34(39(2,37)38)24-10-5-7-21(17-24)27(29,30)31/h5,7,10,12-15,17,19,23H,3-4,6,8-9,11,16,18H2,1-2H3,(H,32,36)/t19-/m0/s1. The summed E-state index contributed by atoms with van der Waals surface area (Å²) in [5.41, 5.74) is -0.349. The van der Waals surface area contributed by atoms with E-state index in [4.69, 9.17) is 11.6 Å². The molecule has 3 rings (SSSR count). The highest BCUT2D eigenvalue weighted by atomic mass is 35.5. The molecule has 1 aliphatic carbocycles. The van der Waals surface area contributed by atoms with Crippen molar-refractivity contribution in [3.8, 4) is 0 Å². The number of hydrogen-bond acceptors (Lipinski definition) is 4. The van der Waals surface area contributed by atoms with Crippen LogP contribution in [0.4, 0.5) is 18.9 Å². The summed E-state index contributed by atoms with van der Waals surface area (Å²) < 4.78 is 65.3.